The summed E-state index contributed by atoms with van der Waals surface area (Å²) in [4.78, 5) is 10.6. The highest BCUT2D eigenvalue weighted by Gasteiger charge is 2.21. The summed E-state index contributed by atoms with van der Waals surface area (Å²) in [6.07, 6.45) is 11.6. The van der Waals surface area contributed by atoms with Crippen LogP contribution in [0.4, 0.5) is 0 Å². The highest BCUT2D eigenvalue weighted by Crippen LogP contribution is 2.23. The third kappa shape index (κ3) is 4.30. The van der Waals surface area contributed by atoms with Crippen molar-refractivity contribution in [3.63, 3.8) is 0 Å². The lowest BCUT2D eigenvalue weighted by Crippen LogP contribution is -2.30. The van der Waals surface area contributed by atoms with Crippen molar-refractivity contribution < 1.29 is 4.74 Å². The molecule has 3 heterocycles. The molecule has 1 saturated heterocycles. The molecular weight excluding hydrogens is 310 g/mol. The van der Waals surface area contributed by atoms with Gasteiger partial charge in [0, 0.05) is 24.0 Å². The molecule has 0 radical (unpaired) electrons. The minimum absolute atomic E-state index is 0.473. The topological polar surface area (TPSA) is 38.2 Å². The minimum atomic E-state index is 0.473. The Morgan fingerprint density at radius 3 is 2.91 bits per heavy atom. The van der Waals surface area contributed by atoms with Gasteiger partial charge in [-0.2, -0.15) is 0 Å². The zero-order valence-corrected chi connectivity index (χ0v) is 13.9. The van der Waals surface area contributed by atoms with Crippen LogP contribution in [0.1, 0.15) is 24.0 Å². The standard InChI is InChI=1S/C18H20ClN3O/c1-22-10-2-3-16(22)13-23-17-11-15(18(19)21-12-17)5-4-14-6-8-20-9-7-14/h4-9,11-12,16H,2-3,10,13H2,1H3/b5-4+/t16-/m0/s1. The molecule has 3 rings (SSSR count). The van der Waals surface area contributed by atoms with Gasteiger partial charge in [0.1, 0.15) is 17.5 Å². The van der Waals surface area contributed by atoms with Crippen LogP contribution in [0.15, 0.2) is 36.8 Å². The van der Waals surface area contributed by atoms with Crippen molar-refractivity contribution in [2.75, 3.05) is 20.2 Å². The van der Waals surface area contributed by atoms with E-state index in [1.165, 1.54) is 12.8 Å². The van der Waals surface area contributed by atoms with E-state index in [4.69, 9.17) is 16.3 Å². The van der Waals surface area contributed by atoms with E-state index in [-0.39, 0.29) is 0 Å². The summed E-state index contributed by atoms with van der Waals surface area (Å²) in [5.41, 5.74) is 1.91. The van der Waals surface area contributed by atoms with E-state index < -0.39 is 0 Å². The van der Waals surface area contributed by atoms with Crippen molar-refractivity contribution in [1.29, 1.82) is 0 Å². The number of pyridine rings is 2. The van der Waals surface area contributed by atoms with Gasteiger partial charge in [-0.3, -0.25) is 4.98 Å². The van der Waals surface area contributed by atoms with E-state index in [1.807, 2.05) is 30.4 Å². The molecule has 0 spiro atoms. The van der Waals surface area contributed by atoms with Crippen LogP contribution in [0.2, 0.25) is 5.15 Å². The molecule has 2 aromatic rings. The zero-order valence-electron chi connectivity index (χ0n) is 13.2. The Kier molecular flexibility index (Phi) is 5.26. The van der Waals surface area contributed by atoms with E-state index in [0.29, 0.717) is 17.8 Å². The summed E-state index contributed by atoms with van der Waals surface area (Å²) in [6.45, 7) is 1.83. The molecule has 1 aliphatic heterocycles. The quantitative estimate of drug-likeness (QED) is 0.783. The lowest BCUT2D eigenvalue weighted by Gasteiger charge is -2.19. The van der Waals surface area contributed by atoms with E-state index in [9.17, 15) is 0 Å². The number of rotatable bonds is 5. The van der Waals surface area contributed by atoms with Gasteiger partial charge in [-0.1, -0.05) is 23.8 Å². The van der Waals surface area contributed by atoms with E-state index in [2.05, 4.69) is 21.9 Å². The van der Waals surface area contributed by atoms with Gasteiger partial charge in [-0.15, -0.1) is 0 Å². The smallest absolute Gasteiger partial charge is 0.138 e. The Balaban J connectivity index is 1.67. The molecule has 1 aliphatic rings. The minimum Gasteiger partial charge on any atom is -0.490 e. The number of aromatic nitrogens is 2. The number of likely N-dealkylation sites (N-methyl/N-ethyl adjacent to an activating group) is 1. The summed E-state index contributed by atoms with van der Waals surface area (Å²) >= 11 is 6.17. The molecule has 2 aromatic heterocycles. The molecule has 120 valence electrons. The summed E-state index contributed by atoms with van der Waals surface area (Å²) in [6, 6.07) is 6.30. The summed E-state index contributed by atoms with van der Waals surface area (Å²) in [7, 11) is 2.14. The van der Waals surface area contributed by atoms with Crippen LogP contribution in [0, 0.1) is 0 Å². The number of hydrogen-bond acceptors (Lipinski definition) is 4. The maximum Gasteiger partial charge on any atom is 0.138 e. The average molecular weight is 330 g/mol. The van der Waals surface area contributed by atoms with Gasteiger partial charge in [0.15, 0.2) is 0 Å². The molecule has 0 N–H and O–H groups in total. The predicted molar refractivity (Wildman–Crippen MR) is 93.6 cm³/mol. The predicted octanol–water partition coefficient (Wildman–Crippen LogP) is 3.77. The fourth-order valence-corrected chi connectivity index (χ4v) is 2.85. The van der Waals surface area contributed by atoms with E-state index in [0.717, 1.165) is 23.4 Å². The Morgan fingerprint density at radius 2 is 2.17 bits per heavy atom. The maximum atomic E-state index is 6.17. The number of hydrogen-bond donors (Lipinski definition) is 0. The Morgan fingerprint density at radius 1 is 1.35 bits per heavy atom. The van der Waals surface area contributed by atoms with Crippen LogP contribution < -0.4 is 4.74 Å². The van der Waals surface area contributed by atoms with Crippen molar-refractivity contribution in [3.05, 3.63) is 53.1 Å². The van der Waals surface area contributed by atoms with Gasteiger partial charge in [0.05, 0.1) is 6.20 Å². The lowest BCUT2D eigenvalue weighted by molar-refractivity contribution is 0.198. The number of nitrogens with zero attached hydrogens (tertiary/aromatic N) is 3. The van der Waals surface area contributed by atoms with Crippen LogP contribution in [0.25, 0.3) is 12.2 Å². The van der Waals surface area contributed by atoms with Gasteiger partial charge < -0.3 is 9.64 Å². The monoisotopic (exact) mass is 329 g/mol. The van der Waals surface area contributed by atoms with E-state index >= 15 is 0 Å². The number of likely N-dealkylation sites (tertiary alicyclic amines) is 1. The summed E-state index contributed by atoms with van der Waals surface area (Å²) in [5, 5.41) is 0.473. The third-order valence-corrected chi connectivity index (χ3v) is 4.43. The molecule has 23 heavy (non-hydrogen) atoms. The molecule has 0 aliphatic carbocycles. The van der Waals surface area contributed by atoms with Crippen LogP contribution in [-0.2, 0) is 0 Å². The molecule has 0 aromatic carbocycles. The zero-order chi connectivity index (χ0) is 16.1. The summed E-state index contributed by atoms with van der Waals surface area (Å²) in [5.74, 6) is 0.754. The van der Waals surface area contributed by atoms with Crippen LogP contribution in [0.3, 0.4) is 0 Å². The van der Waals surface area contributed by atoms with Crippen LogP contribution in [0.5, 0.6) is 5.75 Å². The Labute approximate surface area is 141 Å². The number of ether oxygens (including phenoxy) is 1. The van der Waals surface area contributed by atoms with Crippen molar-refractivity contribution >= 4 is 23.8 Å². The second kappa shape index (κ2) is 7.57. The molecule has 0 saturated carbocycles. The first-order valence-electron chi connectivity index (χ1n) is 7.79. The average Bonchev–Trinajstić information content (AvgIpc) is 2.99. The highest BCUT2D eigenvalue weighted by atomic mass is 35.5. The second-order valence-electron chi connectivity index (χ2n) is 5.75. The third-order valence-electron chi connectivity index (χ3n) is 4.12. The fraction of sp³-hybridized carbons (Fsp3) is 0.333. The molecule has 4 nitrogen and oxygen atoms in total. The van der Waals surface area contributed by atoms with Gasteiger partial charge in [0.25, 0.3) is 0 Å². The number of halogens is 1. The summed E-state index contributed by atoms with van der Waals surface area (Å²) < 4.78 is 5.90. The molecule has 0 amide bonds. The van der Waals surface area contributed by atoms with Crippen LogP contribution >= 0.6 is 11.6 Å². The molecular formula is C18H20ClN3O. The molecule has 0 bridgehead atoms. The van der Waals surface area contributed by atoms with Gasteiger partial charge >= 0.3 is 0 Å². The van der Waals surface area contributed by atoms with Crippen molar-refractivity contribution in [1.82, 2.24) is 14.9 Å². The first kappa shape index (κ1) is 16.0. The fourth-order valence-electron chi connectivity index (χ4n) is 2.68. The van der Waals surface area contributed by atoms with E-state index in [1.54, 1.807) is 18.6 Å². The Hall–Kier alpha value is -1.91. The Bertz CT molecular complexity index is 675. The second-order valence-corrected chi connectivity index (χ2v) is 6.11. The molecule has 1 atom stereocenters. The maximum absolute atomic E-state index is 6.17. The van der Waals surface area contributed by atoms with Gasteiger partial charge in [-0.25, -0.2) is 4.98 Å². The normalized spacial score (nSPS) is 18.6. The van der Waals surface area contributed by atoms with Gasteiger partial charge in [0.2, 0.25) is 0 Å². The first-order valence-corrected chi connectivity index (χ1v) is 8.17. The SMILES string of the molecule is CN1CCC[C@H]1COc1cnc(Cl)c(/C=C/c2ccncc2)c1. The first-order chi connectivity index (χ1) is 11.2. The molecule has 0 unspecified atom stereocenters. The molecule has 1 fully saturated rings. The van der Waals surface area contributed by atoms with Crippen LogP contribution in [-0.4, -0.2) is 41.1 Å². The highest BCUT2D eigenvalue weighted by molar-refractivity contribution is 6.31. The van der Waals surface area contributed by atoms with Gasteiger partial charge in [-0.05, 0) is 50.2 Å². The van der Waals surface area contributed by atoms with Crippen molar-refractivity contribution in [2.45, 2.75) is 18.9 Å². The lowest BCUT2D eigenvalue weighted by atomic mass is 10.2. The van der Waals surface area contributed by atoms with Crippen molar-refractivity contribution in [3.8, 4) is 5.75 Å². The molecule has 5 heteroatoms. The van der Waals surface area contributed by atoms with Crippen molar-refractivity contribution in [2.24, 2.45) is 0 Å². The largest absolute Gasteiger partial charge is 0.490 e.